The number of hydrogen-bond donors (Lipinski definition) is 1. The predicted molar refractivity (Wildman–Crippen MR) is 116 cm³/mol. The van der Waals surface area contributed by atoms with Crippen LogP contribution in [-0.2, 0) is 14.3 Å². The quantitative estimate of drug-likeness (QED) is 0.682. The molecule has 0 aromatic heterocycles. The monoisotopic (exact) mass is 426 g/mol. The van der Waals surface area contributed by atoms with Gasteiger partial charge in [0.15, 0.2) is 17.6 Å². The van der Waals surface area contributed by atoms with Crippen LogP contribution in [0.5, 0.6) is 11.5 Å². The fourth-order valence-electron chi connectivity index (χ4n) is 3.30. The van der Waals surface area contributed by atoms with Gasteiger partial charge in [0.2, 0.25) is 5.91 Å². The molecule has 8 nitrogen and oxygen atoms in total. The van der Waals surface area contributed by atoms with Crippen molar-refractivity contribution in [3.8, 4) is 11.5 Å². The van der Waals surface area contributed by atoms with Crippen molar-refractivity contribution < 1.29 is 28.6 Å². The van der Waals surface area contributed by atoms with Gasteiger partial charge < -0.3 is 24.4 Å². The summed E-state index contributed by atoms with van der Waals surface area (Å²) in [5, 5.41) is 2.69. The molecule has 1 heterocycles. The molecule has 164 valence electrons. The largest absolute Gasteiger partial charge is 0.493 e. The van der Waals surface area contributed by atoms with Gasteiger partial charge in [0.05, 0.1) is 19.8 Å². The number of amides is 2. The number of ether oxygens (including phenoxy) is 3. The van der Waals surface area contributed by atoms with Crippen LogP contribution >= 0.6 is 0 Å². The third-order valence-electron chi connectivity index (χ3n) is 5.04. The Morgan fingerprint density at radius 1 is 1.00 bits per heavy atom. The van der Waals surface area contributed by atoms with E-state index in [1.165, 1.54) is 21.1 Å². The zero-order valence-electron chi connectivity index (χ0n) is 17.8. The standard InChI is InChI=1S/C23H26N2O6/c1-15(22(27)24-17-9-12-19(29-2)20(14-17)30-3)31-23(28)16-7-10-18(11-8-16)25-13-5-4-6-21(25)26/h7-12,14-15H,4-6,13H2,1-3H3,(H,24,27). The summed E-state index contributed by atoms with van der Waals surface area (Å²) in [7, 11) is 3.02. The Balaban J connectivity index is 1.59. The molecule has 0 saturated carbocycles. The minimum Gasteiger partial charge on any atom is -0.493 e. The van der Waals surface area contributed by atoms with Crippen LogP contribution in [0.1, 0.15) is 36.5 Å². The van der Waals surface area contributed by atoms with Crippen molar-refractivity contribution in [2.24, 2.45) is 0 Å². The maximum absolute atomic E-state index is 12.4. The lowest BCUT2D eigenvalue weighted by atomic mass is 10.1. The first kappa shape index (κ1) is 22.1. The van der Waals surface area contributed by atoms with Gasteiger partial charge in [-0.3, -0.25) is 9.59 Å². The number of carbonyl (C=O) groups excluding carboxylic acids is 3. The highest BCUT2D eigenvalue weighted by Crippen LogP contribution is 2.30. The Labute approximate surface area is 181 Å². The SMILES string of the molecule is COc1ccc(NC(=O)C(C)OC(=O)c2ccc(N3CCCCC3=O)cc2)cc1OC. The molecule has 3 rings (SSSR count). The van der Waals surface area contributed by atoms with Crippen molar-refractivity contribution in [1.82, 2.24) is 0 Å². The Hall–Kier alpha value is -3.55. The van der Waals surface area contributed by atoms with E-state index in [1.807, 2.05) is 0 Å². The number of anilines is 2. The van der Waals surface area contributed by atoms with Crippen molar-refractivity contribution in [1.29, 1.82) is 0 Å². The van der Waals surface area contributed by atoms with Crippen LogP contribution in [0.3, 0.4) is 0 Å². The highest BCUT2D eigenvalue weighted by molar-refractivity contribution is 5.98. The van der Waals surface area contributed by atoms with Crippen molar-refractivity contribution >= 4 is 29.2 Å². The summed E-state index contributed by atoms with van der Waals surface area (Å²) < 4.78 is 15.7. The molecule has 1 saturated heterocycles. The summed E-state index contributed by atoms with van der Waals surface area (Å²) in [5.74, 6) is -0.00322. The van der Waals surface area contributed by atoms with E-state index >= 15 is 0 Å². The number of benzene rings is 2. The van der Waals surface area contributed by atoms with E-state index in [1.54, 1.807) is 47.4 Å². The molecule has 1 atom stereocenters. The van der Waals surface area contributed by atoms with Crippen molar-refractivity contribution in [3.63, 3.8) is 0 Å². The van der Waals surface area contributed by atoms with Crippen molar-refractivity contribution in [2.75, 3.05) is 31.0 Å². The number of methoxy groups -OCH3 is 2. The third kappa shape index (κ3) is 5.33. The lowest BCUT2D eigenvalue weighted by Crippen LogP contribution is -2.35. The first-order chi connectivity index (χ1) is 14.9. The van der Waals surface area contributed by atoms with Gasteiger partial charge in [-0.05, 0) is 56.2 Å². The molecular formula is C23H26N2O6. The first-order valence-electron chi connectivity index (χ1n) is 10.1. The Kier molecular flexibility index (Phi) is 7.12. The van der Waals surface area contributed by atoms with Crippen LogP contribution in [0.15, 0.2) is 42.5 Å². The van der Waals surface area contributed by atoms with Gasteiger partial charge in [-0.25, -0.2) is 4.79 Å². The molecule has 0 radical (unpaired) electrons. The predicted octanol–water partition coefficient (Wildman–Crippen LogP) is 3.40. The number of rotatable bonds is 7. The average Bonchev–Trinajstić information content (AvgIpc) is 2.79. The van der Waals surface area contributed by atoms with E-state index in [9.17, 15) is 14.4 Å². The molecule has 2 aromatic carbocycles. The van der Waals surface area contributed by atoms with Gasteiger partial charge in [0.25, 0.3) is 5.91 Å². The van der Waals surface area contributed by atoms with Crippen molar-refractivity contribution in [2.45, 2.75) is 32.3 Å². The summed E-state index contributed by atoms with van der Waals surface area (Å²) >= 11 is 0. The number of nitrogens with one attached hydrogen (secondary N) is 1. The molecular weight excluding hydrogens is 400 g/mol. The summed E-state index contributed by atoms with van der Waals surface area (Å²) in [6, 6.07) is 11.6. The van der Waals surface area contributed by atoms with E-state index in [-0.39, 0.29) is 5.91 Å². The molecule has 2 amide bonds. The summed E-state index contributed by atoms with van der Waals surface area (Å²) in [6.45, 7) is 2.17. The van der Waals surface area contributed by atoms with Crippen LogP contribution in [0.2, 0.25) is 0 Å². The van der Waals surface area contributed by atoms with E-state index in [2.05, 4.69) is 5.32 Å². The number of esters is 1. The van der Waals surface area contributed by atoms with E-state index in [4.69, 9.17) is 14.2 Å². The molecule has 1 fully saturated rings. The normalized spacial score (nSPS) is 14.5. The van der Waals surface area contributed by atoms with Gasteiger partial charge in [0, 0.05) is 30.4 Å². The van der Waals surface area contributed by atoms with Crippen LogP contribution in [0.25, 0.3) is 0 Å². The molecule has 0 bridgehead atoms. The molecule has 8 heteroatoms. The fourth-order valence-corrected chi connectivity index (χ4v) is 3.30. The molecule has 1 aliphatic rings. The van der Waals surface area contributed by atoms with Crippen molar-refractivity contribution in [3.05, 3.63) is 48.0 Å². The second-order valence-corrected chi connectivity index (χ2v) is 7.16. The second kappa shape index (κ2) is 9.97. The number of piperidine rings is 1. The molecule has 1 N–H and O–H groups in total. The minimum absolute atomic E-state index is 0.0852. The van der Waals surface area contributed by atoms with Crippen LogP contribution in [0.4, 0.5) is 11.4 Å². The highest BCUT2D eigenvalue weighted by Gasteiger charge is 2.22. The Morgan fingerprint density at radius 3 is 2.35 bits per heavy atom. The smallest absolute Gasteiger partial charge is 0.338 e. The molecule has 1 aliphatic heterocycles. The summed E-state index contributed by atoms with van der Waals surface area (Å²) in [6.07, 6.45) is 1.39. The van der Waals surface area contributed by atoms with Crippen LogP contribution in [-0.4, -0.2) is 44.7 Å². The molecule has 1 unspecified atom stereocenters. The highest BCUT2D eigenvalue weighted by atomic mass is 16.5. The third-order valence-corrected chi connectivity index (χ3v) is 5.04. The maximum Gasteiger partial charge on any atom is 0.338 e. The van der Waals surface area contributed by atoms with Crippen LogP contribution in [0, 0.1) is 0 Å². The zero-order chi connectivity index (χ0) is 22.4. The zero-order valence-corrected chi connectivity index (χ0v) is 17.8. The number of nitrogens with zero attached hydrogens (tertiary/aromatic N) is 1. The molecule has 2 aromatic rings. The first-order valence-corrected chi connectivity index (χ1v) is 10.1. The number of carbonyl (C=O) groups is 3. The Bertz CT molecular complexity index is 957. The topological polar surface area (TPSA) is 94.2 Å². The summed E-state index contributed by atoms with van der Waals surface area (Å²) in [4.78, 5) is 38.6. The molecule has 0 spiro atoms. The van der Waals surface area contributed by atoms with Crippen LogP contribution < -0.4 is 19.7 Å². The van der Waals surface area contributed by atoms with E-state index in [0.717, 1.165) is 18.5 Å². The van der Waals surface area contributed by atoms with E-state index < -0.39 is 18.0 Å². The molecule has 31 heavy (non-hydrogen) atoms. The molecule has 0 aliphatic carbocycles. The fraction of sp³-hybridized carbons (Fsp3) is 0.348. The summed E-state index contributed by atoms with van der Waals surface area (Å²) in [5.41, 5.74) is 1.54. The Morgan fingerprint density at radius 2 is 1.71 bits per heavy atom. The second-order valence-electron chi connectivity index (χ2n) is 7.16. The van der Waals surface area contributed by atoms with Gasteiger partial charge >= 0.3 is 5.97 Å². The minimum atomic E-state index is -1.01. The lowest BCUT2D eigenvalue weighted by Gasteiger charge is -2.26. The van der Waals surface area contributed by atoms with Gasteiger partial charge in [-0.15, -0.1) is 0 Å². The maximum atomic E-state index is 12.4. The number of hydrogen-bond acceptors (Lipinski definition) is 6. The van der Waals surface area contributed by atoms with Gasteiger partial charge in [-0.1, -0.05) is 0 Å². The van der Waals surface area contributed by atoms with Gasteiger partial charge in [0.1, 0.15) is 0 Å². The lowest BCUT2D eigenvalue weighted by molar-refractivity contribution is -0.123. The average molecular weight is 426 g/mol. The van der Waals surface area contributed by atoms with Gasteiger partial charge in [-0.2, -0.15) is 0 Å². The van der Waals surface area contributed by atoms with E-state index in [0.29, 0.717) is 35.7 Å².